The molecule has 1 spiro atoms. The molecule has 9 nitrogen and oxygen atoms in total. The van der Waals surface area contributed by atoms with Gasteiger partial charge in [0.15, 0.2) is 0 Å². The maximum absolute atomic E-state index is 13.4. The lowest BCUT2D eigenvalue weighted by atomic mass is 9.74. The molecule has 4 atom stereocenters. The zero-order chi connectivity index (χ0) is 31.2. The number of rotatable bonds is 9. The fourth-order valence-electron chi connectivity index (χ4n) is 8.89. The summed E-state index contributed by atoms with van der Waals surface area (Å²) in [5.41, 5.74) is 1.67. The van der Waals surface area contributed by atoms with E-state index < -0.39 is 12.0 Å². The Labute approximate surface area is 260 Å². The molecule has 0 N–H and O–H groups in total. The van der Waals surface area contributed by atoms with E-state index in [1.54, 1.807) is 0 Å². The normalized spacial score (nSPS) is 30.1. The van der Waals surface area contributed by atoms with Gasteiger partial charge < -0.3 is 14.5 Å². The Bertz CT molecular complexity index is 1180. The van der Waals surface area contributed by atoms with E-state index >= 15 is 0 Å². The SMILES string of the molecule is CCCC[C@H]1CN(C[C@H]2[C@@H]3CN(CC(F)F)C[C@@H]32)C(=O)OC12CCN(C1(C)CCN(C(=O)c3c(C)ncnc3C)CC1)CC2. The second kappa shape index (κ2) is 12.4. The number of amides is 2. The Morgan fingerprint density at radius 1 is 1.02 bits per heavy atom. The number of unbranched alkanes of at least 4 members (excludes halogenated alkanes) is 1. The highest BCUT2D eigenvalue weighted by molar-refractivity contribution is 5.96. The lowest BCUT2D eigenvalue weighted by molar-refractivity contribution is -0.133. The highest BCUT2D eigenvalue weighted by Gasteiger charge is 2.58. The molecule has 1 saturated carbocycles. The number of carbonyl (C=O) groups is 2. The van der Waals surface area contributed by atoms with E-state index in [4.69, 9.17) is 4.74 Å². The van der Waals surface area contributed by atoms with Crippen molar-refractivity contribution in [2.45, 2.75) is 90.2 Å². The summed E-state index contributed by atoms with van der Waals surface area (Å²) in [5.74, 6) is 1.62. The van der Waals surface area contributed by atoms with Crippen molar-refractivity contribution >= 4 is 12.0 Å². The summed E-state index contributed by atoms with van der Waals surface area (Å²) >= 11 is 0. The number of nitrogens with zero attached hydrogens (tertiary/aromatic N) is 6. The number of aryl methyl sites for hydroxylation is 2. The lowest BCUT2D eigenvalue weighted by Gasteiger charge is -2.55. The van der Waals surface area contributed by atoms with Gasteiger partial charge in [-0.2, -0.15) is 0 Å². The van der Waals surface area contributed by atoms with Gasteiger partial charge in [0.25, 0.3) is 12.3 Å². The van der Waals surface area contributed by atoms with Gasteiger partial charge in [0, 0.05) is 76.7 Å². The van der Waals surface area contributed by atoms with E-state index in [1.807, 2.05) is 28.5 Å². The minimum atomic E-state index is -2.28. The van der Waals surface area contributed by atoms with Crippen LogP contribution in [0.1, 0.15) is 80.5 Å². The fourth-order valence-corrected chi connectivity index (χ4v) is 8.89. The Morgan fingerprint density at radius 2 is 1.66 bits per heavy atom. The van der Waals surface area contributed by atoms with Gasteiger partial charge in [-0.3, -0.25) is 14.6 Å². The van der Waals surface area contributed by atoms with Crippen LogP contribution < -0.4 is 0 Å². The van der Waals surface area contributed by atoms with E-state index in [1.165, 1.54) is 6.33 Å². The molecule has 0 radical (unpaired) electrons. The third-order valence-electron chi connectivity index (χ3n) is 11.9. The molecular formula is C33H50F2N6O3. The van der Waals surface area contributed by atoms with E-state index in [-0.39, 0.29) is 24.1 Å². The molecule has 5 heterocycles. The molecule has 4 aliphatic heterocycles. The lowest BCUT2D eigenvalue weighted by Crippen LogP contribution is -2.63. The molecule has 244 valence electrons. The first kappa shape index (κ1) is 31.6. The average Bonchev–Trinajstić information content (AvgIpc) is 3.42. The minimum absolute atomic E-state index is 0.00124. The Kier molecular flexibility index (Phi) is 8.91. The first-order valence-electron chi connectivity index (χ1n) is 16.8. The fraction of sp³-hybridized carbons (Fsp3) is 0.818. The predicted molar refractivity (Wildman–Crippen MR) is 163 cm³/mol. The molecule has 5 aliphatic rings. The molecule has 5 fully saturated rings. The number of piperidine rings is 3. The number of halogens is 2. The van der Waals surface area contributed by atoms with Crippen LogP contribution in [0.15, 0.2) is 6.33 Å². The summed E-state index contributed by atoms with van der Waals surface area (Å²) in [4.78, 5) is 43.6. The monoisotopic (exact) mass is 616 g/mol. The summed E-state index contributed by atoms with van der Waals surface area (Å²) in [6, 6.07) is 0. The predicted octanol–water partition coefficient (Wildman–Crippen LogP) is 4.62. The quantitative estimate of drug-likeness (QED) is 0.401. The molecule has 1 aromatic heterocycles. The van der Waals surface area contributed by atoms with Crippen molar-refractivity contribution < 1.29 is 23.1 Å². The van der Waals surface area contributed by atoms with Crippen LogP contribution in [-0.4, -0.2) is 118 Å². The summed E-state index contributed by atoms with van der Waals surface area (Å²) in [5, 5.41) is 0. The molecule has 11 heteroatoms. The van der Waals surface area contributed by atoms with Gasteiger partial charge in [-0.1, -0.05) is 19.8 Å². The maximum atomic E-state index is 13.4. The van der Waals surface area contributed by atoms with Crippen LogP contribution in [-0.2, 0) is 4.74 Å². The second-order valence-electron chi connectivity index (χ2n) is 14.5. The number of hydrogen-bond donors (Lipinski definition) is 0. The van der Waals surface area contributed by atoms with E-state index in [0.717, 1.165) is 89.1 Å². The van der Waals surface area contributed by atoms with Crippen LogP contribution in [0.4, 0.5) is 13.6 Å². The molecule has 4 saturated heterocycles. The van der Waals surface area contributed by atoms with Crippen molar-refractivity contribution in [2.75, 3.05) is 58.9 Å². The van der Waals surface area contributed by atoms with Gasteiger partial charge in [-0.15, -0.1) is 0 Å². The largest absolute Gasteiger partial charge is 0.442 e. The molecule has 0 unspecified atom stereocenters. The third-order valence-corrected chi connectivity index (χ3v) is 11.9. The first-order valence-corrected chi connectivity index (χ1v) is 16.8. The van der Waals surface area contributed by atoms with Crippen molar-refractivity contribution in [1.29, 1.82) is 0 Å². The molecule has 44 heavy (non-hydrogen) atoms. The number of hydrogen-bond acceptors (Lipinski definition) is 7. The van der Waals surface area contributed by atoms with Gasteiger partial charge in [0.1, 0.15) is 11.9 Å². The number of carbonyl (C=O) groups excluding carboxylic acids is 2. The molecule has 1 aliphatic carbocycles. The average molecular weight is 617 g/mol. The number of fused-ring (bicyclic) bond motifs is 1. The highest BCUT2D eigenvalue weighted by Crippen LogP contribution is 2.53. The topological polar surface area (TPSA) is 82.1 Å². The summed E-state index contributed by atoms with van der Waals surface area (Å²) in [7, 11) is 0. The third kappa shape index (κ3) is 6.07. The molecule has 6 rings (SSSR count). The zero-order valence-corrected chi connectivity index (χ0v) is 26.9. The van der Waals surface area contributed by atoms with Gasteiger partial charge in [0.2, 0.25) is 0 Å². The Balaban J connectivity index is 1.04. The molecular weight excluding hydrogens is 566 g/mol. The van der Waals surface area contributed by atoms with Crippen LogP contribution in [0.5, 0.6) is 0 Å². The van der Waals surface area contributed by atoms with Crippen molar-refractivity contribution in [3.05, 3.63) is 23.3 Å². The van der Waals surface area contributed by atoms with Gasteiger partial charge in [-0.05, 0) is 57.8 Å². The Hall–Kier alpha value is -2.40. The summed E-state index contributed by atoms with van der Waals surface area (Å²) in [6.45, 7) is 14.2. The standard InChI is InChI=1S/C33H50F2N6O3/c1-5-6-7-24-16-40(19-27-25-17-38(18-26(25)27)20-28(34)35)31(43)44-33(24)10-14-41(15-11-33)32(4)8-12-39(13-9-32)30(42)29-22(2)36-21-37-23(29)3/h21,24-28H,5-20H2,1-4H3/t24-,25-,26+,27+/m0/s1. The highest BCUT2D eigenvalue weighted by atomic mass is 19.3. The molecule has 0 aromatic carbocycles. The first-order chi connectivity index (χ1) is 21.0. The van der Waals surface area contributed by atoms with Crippen molar-refractivity contribution in [3.63, 3.8) is 0 Å². The number of ether oxygens (including phenoxy) is 1. The summed E-state index contributed by atoms with van der Waals surface area (Å²) < 4.78 is 32.1. The number of aromatic nitrogens is 2. The summed E-state index contributed by atoms with van der Waals surface area (Å²) in [6.07, 6.45) is 5.82. The van der Waals surface area contributed by atoms with E-state index in [0.29, 0.717) is 48.9 Å². The van der Waals surface area contributed by atoms with Crippen molar-refractivity contribution in [2.24, 2.45) is 23.7 Å². The molecule has 0 bridgehead atoms. The van der Waals surface area contributed by atoms with Gasteiger partial charge in [0.05, 0.1) is 23.5 Å². The van der Waals surface area contributed by atoms with Crippen molar-refractivity contribution in [3.8, 4) is 0 Å². The van der Waals surface area contributed by atoms with Crippen LogP contribution in [0, 0.1) is 37.5 Å². The molecule has 1 aromatic rings. The smallest absolute Gasteiger partial charge is 0.410 e. The van der Waals surface area contributed by atoms with Crippen molar-refractivity contribution in [1.82, 2.24) is 29.6 Å². The van der Waals surface area contributed by atoms with Crippen LogP contribution in [0.2, 0.25) is 0 Å². The zero-order valence-electron chi connectivity index (χ0n) is 26.9. The minimum Gasteiger partial charge on any atom is -0.442 e. The van der Waals surface area contributed by atoms with E-state index in [9.17, 15) is 18.4 Å². The second-order valence-corrected chi connectivity index (χ2v) is 14.5. The number of alkyl halides is 2. The van der Waals surface area contributed by atoms with Crippen LogP contribution >= 0.6 is 0 Å². The Morgan fingerprint density at radius 3 is 2.25 bits per heavy atom. The van der Waals surface area contributed by atoms with Gasteiger partial charge >= 0.3 is 6.09 Å². The maximum Gasteiger partial charge on any atom is 0.410 e. The van der Waals surface area contributed by atoms with Crippen LogP contribution in [0.25, 0.3) is 0 Å². The van der Waals surface area contributed by atoms with E-state index in [2.05, 4.69) is 28.7 Å². The number of likely N-dealkylation sites (tertiary alicyclic amines) is 3. The molecule has 2 amide bonds. The van der Waals surface area contributed by atoms with Crippen LogP contribution in [0.3, 0.4) is 0 Å². The van der Waals surface area contributed by atoms with Gasteiger partial charge in [-0.25, -0.2) is 23.5 Å².